The van der Waals surface area contributed by atoms with E-state index in [0.717, 1.165) is 0 Å². The van der Waals surface area contributed by atoms with E-state index in [4.69, 9.17) is 16.7 Å². The summed E-state index contributed by atoms with van der Waals surface area (Å²) in [5.74, 6) is -1.39. The highest BCUT2D eigenvalue weighted by atomic mass is 35.5. The Balaban J connectivity index is 1.86. The smallest absolute Gasteiger partial charge is 0.355 e. The van der Waals surface area contributed by atoms with E-state index >= 15 is 0 Å². The Morgan fingerprint density at radius 1 is 1.40 bits per heavy atom. The molecule has 0 fully saturated rings. The Morgan fingerprint density at radius 3 is 2.85 bits per heavy atom. The molecule has 8 heteroatoms. The molecule has 2 heterocycles. The topological polar surface area (TPSA) is 92.2 Å². The third kappa shape index (κ3) is 3.75. The molecule has 1 amide bonds. The fourth-order valence-corrected chi connectivity index (χ4v) is 2.36. The van der Waals surface area contributed by atoms with Crippen LogP contribution in [0.5, 0.6) is 0 Å². The molecule has 2 aromatic heterocycles. The number of aromatic carboxylic acids is 1. The van der Waals surface area contributed by atoms with Gasteiger partial charge in [0.05, 0.1) is 5.01 Å². The summed E-state index contributed by atoms with van der Waals surface area (Å²) in [7, 11) is 0. The van der Waals surface area contributed by atoms with Gasteiger partial charge in [0.15, 0.2) is 5.69 Å². The lowest BCUT2D eigenvalue weighted by Crippen LogP contribution is -2.26. The van der Waals surface area contributed by atoms with Gasteiger partial charge in [-0.15, -0.1) is 11.3 Å². The molecule has 0 radical (unpaired) electrons. The summed E-state index contributed by atoms with van der Waals surface area (Å²) < 4.78 is 0. The lowest BCUT2D eigenvalue weighted by molar-refractivity contribution is 0.0690. The Kier molecular flexibility index (Phi) is 4.65. The fraction of sp³-hybridized carbons (Fsp3) is 0.167. The van der Waals surface area contributed by atoms with Gasteiger partial charge in [0.1, 0.15) is 5.69 Å². The molecule has 6 nitrogen and oxygen atoms in total. The summed E-state index contributed by atoms with van der Waals surface area (Å²) >= 11 is 7.02. The molecule has 0 aliphatic rings. The molecule has 2 N–H and O–H groups in total. The zero-order chi connectivity index (χ0) is 14.5. The van der Waals surface area contributed by atoms with Crippen LogP contribution in [0.15, 0.2) is 23.7 Å². The van der Waals surface area contributed by atoms with Crippen molar-refractivity contribution in [2.75, 3.05) is 6.54 Å². The van der Waals surface area contributed by atoms with Crippen LogP contribution in [0.25, 0.3) is 0 Å². The largest absolute Gasteiger partial charge is 0.476 e. The van der Waals surface area contributed by atoms with Crippen molar-refractivity contribution in [3.63, 3.8) is 0 Å². The number of hydrogen-bond acceptors (Lipinski definition) is 5. The number of aromatic nitrogens is 2. The summed E-state index contributed by atoms with van der Waals surface area (Å²) in [6, 6.07) is 3.06. The first-order valence-electron chi connectivity index (χ1n) is 5.63. The van der Waals surface area contributed by atoms with Crippen molar-refractivity contribution < 1.29 is 14.7 Å². The molecule has 0 aliphatic carbocycles. The van der Waals surface area contributed by atoms with E-state index in [1.54, 1.807) is 6.07 Å². The second kappa shape index (κ2) is 6.44. The molecule has 104 valence electrons. The average Bonchev–Trinajstić information content (AvgIpc) is 2.87. The number of thiazole rings is 1. The number of hydrogen-bond donors (Lipinski definition) is 2. The second-order valence-corrected chi connectivity index (χ2v) is 5.18. The highest BCUT2D eigenvalue weighted by molar-refractivity contribution is 7.09. The van der Waals surface area contributed by atoms with Gasteiger partial charge in [-0.25, -0.2) is 9.78 Å². The summed E-state index contributed by atoms with van der Waals surface area (Å²) in [5, 5.41) is 14.0. The molecule has 0 aromatic carbocycles. The number of carbonyl (C=O) groups is 2. The number of amides is 1. The van der Waals surface area contributed by atoms with Crippen molar-refractivity contribution >= 4 is 34.8 Å². The van der Waals surface area contributed by atoms with Gasteiger partial charge in [0.25, 0.3) is 5.91 Å². The van der Waals surface area contributed by atoms with Crippen molar-refractivity contribution in [3.05, 3.63) is 45.1 Å². The van der Waals surface area contributed by atoms with Crippen LogP contribution < -0.4 is 5.32 Å². The van der Waals surface area contributed by atoms with Crippen LogP contribution in [-0.4, -0.2) is 33.5 Å². The number of carboxylic acid groups (broad SMARTS) is 1. The molecule has 0 saturated heterocycles. The van der Waals surface area contributed by atoms with Crippen molar-refractivity contribution in [3.8, 4) is 0 Å². The van der Waals surface area contributed by atoms with Crippen LogP contribution in [0.1, 0.15) is 26.0 Å². The van der Waals surface area contributed by atoms with Gasteiger partial charge in [-0.3, -0.25) is 9.78 Å². The van der Waals surface area contributed by atoms with Crippen LogP contribution >= 0.6 is 22.9 Å². The lowest BCUT2D eigenvalue weighted by atomic mass is 10.3. The first kappa shape index (κ1) is 14.4. The molecule has 0 spiro atoms. The van der Waals surface area contributed by atoms with Crippen LogP contribution in [0.4, 0.5) is 0 Å². The molecule has 0 bridgehead atoms. The van der Waals surface area contributed by atoms with Crippen molar-refractivity contribution in [1.29, 1.82) is 0 Å². The van der Waals surface area contributed by atoms with Gasteiger partial charge < -0.3 is 10.4 Å². The zero-order valence-corrected chi connectivity index (χ0v) is 11.7. The van der Waals surface area contributed by atoms with Crippen molar-refractivity contribution in [2.45, 2.75) is 6.42 Å². The van der Waals surface area contributed by atoms with E-state index < -0.39 is 5.97 Å². The van der Waals surface area contributed by atoms with E-state index in [-0.39, 0.29) is 17.3 Å². The first-order valence-corrected chi connectivity index (χ1v) is 6.89. The molecule has 0 atom stereocenters. The molecule has 0 saturated carbocycles. The Morgan fingerprint density at radius 2 is 2.20 bits per heavy atom. The van der Waals surface area contributed by atoms with Crippen LogP contribution in [0, 0.1) is 0 Å². The third-order valence-corrected chi connectivity index (χ3v) is 3.49. The molecule has 2 aromatic rings. The number of halogens is 1. The van der Waals surface area contributed by atoms with Crippen molar-refractivity contribution in [2.24, 2.45) is 0 Å². The van der Waals surface area contributed by atoms with E-state index in [1.807, 2.05) is 0 Å². The van der Waals surface area contributed by atoms with Gasteiger partial charge >= 0.3 is 5.97 Å². The van der Waals surface area contributed by atoms with Gasteiger partial charge in [-0.2, -0.15) is 0 Å². The van der Waals surface area contributed by atoms with E-state index in [0.29, 0.717) is 23.0 Å². The predicted octanol–water partition coefficient (Wildman–Crippen LogP) is 1.86. The number of carboxylic acids is 1. The summed E-state index contributed by atoms with van der Waals surface area (Å²) in [5.41, 5.74) is 0.260. The van der Waals surface area contributed by atoms with E-state index in [9.17, 15) is 9.59 Å². The van der Waals surface area contributed by atoms with Crippen LogP contribution in [0.2, 0.25) is 5.02 Å². The summed E-state index contributed by atoms with van der Waals surface area (Å²) in [6.07, 6.45) is 1.92. The minimum absolute atomic E-state index is 0.0211. The number of pyridine rings is 1. The normalized spacial score (nSPS) is 10.2. The van der Waals surface area contributed by atoms with Gasteiger partial charge in [0.2, 0.25) is 0 Å². The highest BCUT2D eigenvalue weighted by Gasteiger charge is 2.10. The quantitative estimate of drug-likeness (QED) is 0.879. The van der Waals surface area contributed by atoms with Crippen molar-refractivity contribution in [1.82, 2.24) is 15.3 Å². The molecular weight excluding hydrogens is 302 g/mol. The lowest BCUT2D eigenvalue weighted by Gasteiger charge is -2.03. The minimum Gasteiger partial charge on any atom is -0.476 e. The Hall–Kier alpha value is -1.99. The second-order valence-electron chi connectivity index (χ2n) is 3.80. The molecule has 0 aliphatic heterocycles. The maximum absolute atomic E-state index is 11.8. The Bertz CT molecular complexity index is 644. The maximum Gasteiger partial charge on any atom is 0.355 e. The fourth-order valence-electron chi connectivity index (χ4n) is 1.43. The zero-order valence-electron chi connectivity index (χ0n) is 10.2. The molecule has 0 unspecified atom stereocenters. The highest BCUT2D eigenvalue weighted by Crippen LogP contribution is 2.10. The third-order valence-electron chi connectivity index (χ3n) is 2.35. The number of rotatable bonds is 5. The van der Waals surface area contributed by atoms with Gasteiger partial charge in [-0.1, -0.05) is 11.6 Å². The molecule has 20 heavy (non-hydrogen) atoms. The average molecular weight is 312 g/mol. The first-order chi connectivity index (χ1) is 9.56. The number of carbonyl (C=O) groups excluding carboxylic acids is 1. The van der Waals surface area contributed by atoms with E-state index in [1.165, 1.54) is 29.0 Å². The predicted molar refractivity (Wildman–Crippen MR) is 74.4 cm³/mol. The minimum atomic E-state index is -1.06. The number of nitrogens with zero attached hydrogens (tertiary/aromatic N) is 2. The summed E-state index contributed by atoms with van der Waals surface area (Å²) in [6.45, 7) is 0.347. The SMILES string of the molecule is O=C(O)c1csc(CCNC(=O)c2cc(Cl)ccn2)n1. The summed E-state index contributed by atoms with van der Waals surface area (Å²) in [4.78, 5) is 30.3. The molecular formula is C12H10ClN3O3S. The Labute approximate surface area is 123 Å². The molecule has 2 rings (SSSR count). The number of nitrogens with one attached hydrogen (secondary N) is 1. The standard InChI is InChI=1S/C12H10ClN3O3S/c13-7-1-3-14-8(5-7)11(17)15-4-2-10-16-9(6-20-10)12(18)19/h1,3,5-6H,2,4H2,(H,15,17)(H,18,19). The monoisotopic (exact) mass is 311 g/mol. The van der Waals surface area contributed by atoms with Gasteiger partial charge in [-0.05, 0) is 12.1 Å². The van der Waals surface area contributed by atoms with E-state index in [2.05, 4.69) is 15.3 Å². The van der Waals surface area contributed by atoms with Crippen LogP contribution in [-0.2, 0) is 6.42 Å². The van der Waals surface area contributed by atoms with Crippen LogP contribution in [0.3, 0.4) is 0 Å². The van der Waals surface area contributed by atoms with Gasteiger partial charge in [0, 0.05) is 29.6 Å². The maximum atomic E-state index is 11.8.